The number of β-lactam (4-membered cyclic amide) rings is 1. The molecular weight excluding hydrogens is 404 g/mol. The highest BCUT2D eigenvalue weighted by Gasteiger charge is 2.67. The lowest BCUT2D eigenvalue weighted by Crippen LogP contribution is -2.71. The van der Waals surface area contributed by atoms with Gasteiger partial charge >= 0.3 is 0 Å². The van der Waals surface area contributed by atoms with Crippen molar-refractivity contribution >= 4 is 27.7 Å². The van der Waals surface area contributed by atoms with E-state index in [0.29, 0.717) is 12.4 Å². The van der Waals surface area contributed by atoms with E-state index in [1.54, 1.807) is 0 Å². The molecule has 1 amide bonds. The zero-order valence-electron chi connectivity index (χ0n) is 15.5. The van der Waals surface area contributed by atoms with Gasteiger partial charge in [-0.25, -0.2) is 4.99 Å². The summed E-state index contributed by atoms with van der Waals surface area (Å²) in [7, 11) is 0. The van der Waals surface area contributed by atoms with E-state index in [1.165, 1.54) is 0 Å². The molecule has 2 aliphatic rings. The minimum atomic E-state index is -0.801. The first kappa shape index (κ1) is 18.2. The number of aliphatic imine (C=N–C) groups is 1. The quantitative estimate of drug-likeness (QED) is 0.521. The van der Waals surface area contributed by atoms with Gasteiger partial charge in [-0.3, -0.25) is 4.79 Å². The molecule has 1 fully saturated rings. The standard InChI is InChI=1S/C22H23BrN2O2/c1-3-18-20(27-15(2)24-18)22(23)19(17-12-8-5-9-13-17)25(21(22)26)14-16-10-6-4-7-11-16/h4-13,18-20H,3,14H2,1-2H3/t18-,19-,20+,22-/m0/s1. The van der Waals surface area contributed by atoms with Crippen molar-refractivity contribution in [3.63, 3.8) is 0 Å². The van der Waals surface area contributed by atoms with E-state index in [9.17, 15) is 4.79 Å². The van der Waals surface area contributed by atoms with Crippen LogP contribution in [0.3, 0.4) is 0 Å². The molecule has 0 radical (unpaired) electrons. The largest absolute Gasteiger partial charge is 0.474 e. The van der Waals surface area contributed by atoms with Crippen LogP contribution in [-0.2, 0) is 16.1 Å². The van der Waals surface area contributed by atoms with E-state index in [0.717, 1.165) is 17.5 Å². The van der Waals surface area contributed by atoms with Gasteiger partial charge in [0, 0.05) is 13.5 Å². The Morgan fingerprint density at radius 3 is 2.37 bits per heavy atom. The number of amides is 1. The molecular formula is C22H23BrN2O2. The van der Waals surface area contributed by atoms with Gasteiger partial charge in [0.15, 0.2) is 10.2 Å². The molecule has 0 aliphatic carbocycles. The summed E-state index contributed by atoms with van der Waals surface area (Å²) in [6.07, 6.45) is 0.537. The Kier molecular flexibility index (Phi) is 4.81. The number of hydrogen-bond acceptors (Lipinski definition) is 3. The van der Waals surface area contributed by atoms with E-state index in [2.05, 4.69) is 52.1 Å². The molecule has 2 aromatic rings. The maximum Gasteiger partial charge on any atom is 0.246 e. The van der Waals surface area contributed by atoms with E-state index < -0.39 is 4.32 Å². The Labute approximate surface area is 168 Å². The molecule has 4 rings (SSSR count). The smallest absolute Gasteiger partial charge is 0.246 e. The average molecular weight is 427 g/mol. The molecule has 2 heterocycles. The minimum Gasteiger partial charge on any atom is -0.474 e. The number of nitrogens with zero attached hydrogens (tertiary/aromatic N) is 2. The first-order valence-electron chi connectivity index (χ1n) is 9.35. The Bertz CT molecular complexity index is 855. The summed E-state index contributed by atoms with van der Waals surface area (Å²) < 4.78 is 5.25. The van der Waals surface area contributed by atoms with Crippen molar-refractivity contribution < 1.29 is 9.53 Å². The van der Waals surface area contributed by atoms with Crippen LogP contribution < -0.4 is 0 Å². The molecule has 0 aromatic heterocycles. The van der Waals surface area contributed by atoms with Gasteiger partial charge in [-0.05, 0) is 17.5 Å². The van der Waals surface area contributed by atoms with Crippen molar-refractivity contribution in [1.82, 2.24) is 4.90 Å². The van der Waals surface area contributed by atoms with Crippen molar-refractivity contribution in [3.05, 3.63) is 71.8 Å². The summed E-state index contributed by atoms with van der Waals surface area (Å²) >= 11 is 3.84. The number of likely N-dealkylation sites (tertiary alicyclic amines) is 1. The van der Waals surface area contributed by atoms with Crippen LogP contribution in [0, 0.1) is 0 Å². The Morgan fingerprint density at radius 1 is 1.11 bits per heavy atom. The van der Waals surface area contributed by atoms with Crippen molar-refractivity contribution in [1.29, 1.82) is 0 Å². The molecule has 0 spiro atoms. The maximum absolute atomic E-state index is 13.4. The molecule has 5 heteroatoms. The molecule has 0 bridgehead atoms. The highest BCUT2D eigenvalue weighted by molar-refractivity contribution is 9.10. The van der Waals surface area contributed by atoms with Crippen LogP contribution in [-0.4, -0.2) is 33.2 Å². The summed E-state index contributed by atoms with van der Waals surface area (Å²) in [6.45, 7) is 4.53. The minimum absolute atomic E-state index is 0.0154. The third kappa shape index (κ3) is 2.98. The highest BCUT2D eigenvalue weighted by Crippen LogP contribution is 2.54. The first-order valence-corrected chi connectivity index (χ1v) is 10.1. The van der Waals surface area contributed by atoms with Crippen molar-refractivity contribution in [2.24, 2.45) is 4.99 Å². The van der Waals surface area contributed by atoms with Gasteiger partial charge in [-0.1, -0.05) is 83.5 Å². The summed E-state index contributed by atoms with van der Waals surface area (Å²) in [5, 5.41) is 0. The molecule has 27 heavy (non-hydrogen) atoms. The zero-order chi connectivity index (χ0) is 19.0. The lowest BCUT2D eigenvalue weighted by atomic mass is 9.75. The molecule has 2 aliphatic heterocycles. The van der Waals surface area contributed by atoms with Gasteiger partial charge in [-0.15, -0.1) is 0 Å². The predicted octanol–water partition coefficient (Wildman–Crippen LogP) is 4.50. The fourth-order valence-corrected chi connectivity index (χ4v) is 5.30. The SMILES string of the molecule is CC[C@@H]1N=C(C)O[C@H]1[C@]1(Br)C(=O)N(Cc2ccccc2)[C@H]1c1ccccc1. The molecule has 0 saturated carbocycles. The molecule has 2 aromatic carbocycles. The van der Waals surface area contributed by atoms with Crippen LogP contribution in [0.4, 0.5) is 0 Å². The molecule has 4 nitrogen and oxygen atoms in total. The number of halogens is 1. The van der Waals surface area contributed by atoms with Crippen LogP contribution in [0.1, 0.15) is 37.4 Å². The van der Waals surface area contributed by atoms with E-state index in [4.69, 9.17) is 4.74 Å². The maximum atomic E-state index is 13.4. The van der Waals surface area contributed by atoms with Gasteiger partial charge in [0.05, 0.1) is 12.1 Å². The summed E-state index contributed by atoms with van der Waals surface area (Å²) in [6, 6.07) is 20.2. The van der Waals surface area contributed by atoms with Crippen LogP contribution in [0.15, 0.2) is 65.7 Å². The predicted molar refractivity (Wildman–Crippen MR) is 110 cm³/mol. The Balaban J connectivity index is 1.70. The zero-order valence-corrected chi connectivity index (χ0v) is 17.1. The van der Waals surface area contributed by atoms with Gasteiger partial charge < -0.3 is 9.64 Å². The summed E-state index contributed by atoms with van der Waals surface area (Å²) in [4.78, 5) is 19.9. The Hall–Kier alpha value is -2.14. The number of benzene rings is 2. The number of alkyl halides is 1. The normalized spacial score (nSPS) is 29.9. The van der Waals surface area contributed by atoms with E-state index in [-0.39, 0.29) is 24.1 Å². The van der Waals surface area contributed by atoms with Gasteiger partial charge in [0.2, 0.25) is 5.91 Å². The highest BCUT2D eigenvalue weighted by atomic mass is 79.9. The van der Waals surface area contributed by atoms with E-state index in [1.807, 2.05) is 48.2 Å². The number of ether oxygens (including phenoxy) is 1. The second kappa shape index (κ2) is 7.12. The molecule has 0 unspecified atom stereocenters. The third-order valence-electron chi connectivity index (χ3n) is 5.44. The summed E-state index contributed by atoms with van der Waals surface area (Å²) in [5.74, 6) is 0.723. The van der Waals surface area contributed by atoms with E-state index >= 15 is 0 Å². The lowest BCUT2D eigenvalue weighted by Gasteiger charge is -2.55. The number of hydrogen-bond donors (Lipinski definition) is 0. The van der Waals surface area contributed by atoms with Crippen LogP contribution >= 0.6 is 15.9 Å². The fraction of sp³-hybridized carbons (Fsp3) is 0.364. The Morgan fingerprint density at radius 2 is 1.74 bits per heavy atom. The second-order valence-corrected chi connectivity index (χ2v) is 8.47. The molecule has 140 valence electrons. The van der Waals surface area contributed by atoms with Crippen LogP contribution in [0.25, 0.3) is 0 Å². The second-order valence-electron chi connectivity index (χ2n) is 7.16. The third-order valence-corrected chi connectivity index (χ3v) is 6.66. The topological polar surface area (TPSA) is 41.9 Å². The van der Waals surface area contributed by atoms with Gasteiger partial charge in [0.25, 0.3) is 0 Å². The molecule has 1 saturated heterocycles. The van der Waals surface area contributed by atoms with Gasteiger partial charge in [0.1, 0.15) is 6.10 Å². The number of carbonyl (C=O) groups is 1. The van der Waals surface area contributed by atoms with Gasteiger partial charge in [-0.2, -0.15) is 0 Å². The van der Waals surface area contributed by atoms with Crippen LogP contribution in [0.2, 0.25) is 0 Å². The van der Waals surface area contributed by atoms with Crippen molar-refractivity contribution in [3.8, 4) is 0 Å². The van der Waals surface area contributed by atoms with Crippen molar-refractivity contribution in [2.45, 2.75) is 49.3 Å². The summed E-state index contributed by atoms with van der Waals surface area (Å²) in [5.41, 5.74) is 2.22. The molecule has 0 N–H and O–H groups in total. The lowest BCUT2D eigenvalue weighted by molar-refractivity contribution is -0.159. The monoisotopic (exact) mass is 426 g/mol. The van der Waals surface area contributed by atoms with Crippen molar-refractivity contribution in [2.75, 3.05) is 0 Å². The molecule has 4 atom stereocenters. The van der Waals surface area contributed by atoms with Crippen LogP contribution in [0.5, 0.6) is 0 Å². The number of rotatable bonds is 5. The average Bonchev–Trinajstić information content (AvgIpc) is 3.09. The first-order chi connectivity index (χ1) is 13.1. The number of carbonyl (C=O) groups excluding carboxylic acids is 1. The fourth-order valence-electron chi connectivity index (χ4n) is 4.16.